The molecule has 0 saturated carbocycles. The van der Waals surface area contributed by atoms with E-state index in [2.05, 4.69) is 6.92 Å². The molecule has 1 heterocycles. The van der Waals surface area contributed by atoms with Gasteiger partial charge in [0.15, 0.2) is 0 Å². The lowest BCUT2D eigenvalue weighted by Crippen LogP contribution is -2.29. The number of imide groups is 1. The van der Waals surface area contributed by atoms with Crippen molar-refractivity contribution in [3.63, 3.8) is 0 Å². The van der Waals surface area contributed by atoms with E-state index in [0.717, 1.165) is 30.6 Å². The zero-order valence-electron chi connectivity index (χ0n) is 15.9. The van der Waals surface area contributed by atoms with Crippen molar-refractivity contribution < 1.29 is 19.1 Å². The van der Waals surface area contributed by atoms with Gasteiger partial charge in [-0.3, -0.25) is 9.59 Å². The average Bonchev–Trinajstić information content (AvgIpc) is 3.00. The van der Waals surface area contributed by atoms with Gasteiger partial charge >= 0.3 is 5.97 Å². The lowest BCUT2D eigenvalue weighted by molar-refractivity contribution is 0.0497. The standard InChI is InChI=1S/C21H17Cl4NO4/c1-2-3-4-5-10-30-21(29)11-6-8-12(9-7-11)26-19(27)13-14(20(26)28)16(23)18(25)17(24)15(13)22/h6-9H,2-5,10H2,1H3. The van der Waals surface area contributed by atoms with Crippen molar-refractivity contribution in [3.05, 3.63) is 61.0 Å². The molecule has 30 heavy (non-hydrogen) atoms. The van der Waals surface area contributed by atoms with Crippen molar-refractivity contribution >= 4 is 69.9 Å². The van der Waals surface area contributed by atoms with Gasteiger partial charge in [0.2, 0.25) is 0 Å². The van der Waals surface area contributed by atoms with Crippen molar-refractivity contribution in [2.75, 3.05) is 11.5 Å². The number of carbonyl (C=O) groups excluding carboxylic acids is 3. The number of nitrogens with zero attached hydrogens (tertiary/aromatic N) is 1. The van der Waals surface area contributed by atoms with Gasteiger partial charge in [-0.1, -0.05) is 72.6 Å². The lowest BCUT2D eigenvalue weighted by Gasteiger charge is -2.14. The molecule has 0 aromatic heterocycles. The number of halogens is 4. The van der Waals surface area contributed by atoms with E-state index in [9.17, 15) is 14.4 Å². The first-order valence-corrected chi connectivity index (χ1v) is 10.8. The molecule has 0 atom stereocenters. The van der Waals surface area contributed by atoms with Crippen molar-refractivity contribution in [3.8, 4) is 0 Å². The van der Waals surface area contributed by atoms with Gasteiger partial charge in [-0.2, -0.15) is 0 Å². The van der Waals surface area contributed by atoms with E-state index in [-0.39, 0.29) is 36.9 Å². The number of ether oxygens (including phenoxy) is 1. The molecule has 1 aliphatic heterocycles. The monoisotopic (exact) mass is 487 g/mol. The van der Waals surface area contributed by atoms with Crippen LogP contribution in [0.15, 0.2) is 24.3 Å². The molecule has 9 heteroatoms. The number of benzene rings is 2. The van der Waals surface area contributed by atoms with E-state index < -0.39 is 17.8 Å². The number of hydrogen-bond acceptors (Lipinski definition) is 4. The molecule has 0 bridgehead atoms. The van der Waals surface area contributed by atoms with Crippen LogP contribution in [-0.4, -0.2) is 24.4 Å². The largest absolute Gasteiger partial charge is 0.462 e. The van der Waals surface area contributed by atoms with Crippen molar-refractivity contribution in [2.45, 2.75) is 32.6 Å². The van der Waals surface area contributed by atoms with Gasteiger partial charge in [-0.15, -0.1) is 0 Å². The second-order valence-electron chi connectivity index (χ2n) is 6.70. The van der Waals surface area contributed by atoms with Crippen molar-refractivity contribution in [1.82, 2.24) is 0 Å². The Morgan fingerprint density at radius 2 is 1.37 bits per heavy atom. The third-order valence-electron chi connectivity index (χ3n) is 4.69. The van der Waals surface area contributed by atoms with E-state index in [1.807, 2.05) is 0 Å². The molecule has 0 fully saturated rings. The maximum atomic E-state index is 12.9. The first kappa shape index (κ1) is 22.9. The molecule has 158 valence electrons. The normalized spacial score (nSPS) is 13.0. The van der Waals surface area contributed by atoms with Crippen LogP contribution in [0, 0.1) is 0 Å². The van der Waals surface area contributed by atoms with Crippen LogP contribution in [0.1, 0.15) is 63.7 Å². The second-order valence-corrected chi connectivity index (χ2v) is 8.21. The van der Waals surface area contributed by atoms with Gasteiger partial charge in [0.1, 0.15) is 0 Å². The van der Waals surface area contributed by atoms with Crippen LogP contribution in [0.25, 0.3) is 0 Å². The van der Waals surface area contributed by atoms with E-state index >= 15 is 0 Å². The van der Waals surface area contributed by atoms with E-state index in [1.54, 1.807) is 0 Å². The Kier molecular flexibility index (Phi) is 7.30. The highest BCUT2D eigenvalue weighted by atomic mass is 35.5. The number of amides is 2. The Balaban J connectivity index is 1.80. The minimum Gasteiger partial charge on any atom is -0.462 e. The van der Waals surface area contributed by atoms with Gasteiger partial charge in [0.25, 0.3) is 11.8 Å². The van der Waals surface area contributed by atoms with E-state index in [4.69, 9.17) is 51.1 Å². The average molecular weight is 489 g/mol. The lowest BCUT2D eigenvalue weighted by atomic mass is 10.1. The van der Waals surface area contributed by atoms with Crippen LogP contribution in [0.4, 0.5) is 5.69 Å². The molecule has 2 aromatic carbocycles. The topological polar surface area (TPSA) is 63.7 Å². The third-order valence-corrected chi connectivity index (χ3v) is 6.50. The summed E-state index contributed by atoms with van der Waals surface area (Å²) in [5.41, 5.74) is 0.362. The number of esters is 1. The maximum Gasteiger partial charge on any atom is 0.338 e. The summed E-state index contributed by atoms with van der Waals surface area (Å²) < 4.78 is 5.24. The maximum absolute atomic E-state index is 12.9. The number of carbonyl (C=O) groups is 3. The van der Waals surface area contributed by atoms with Crippen LogP contribution in [0.2, 0.25) is 20.1 Å². The van der Waals surface area contributed by atoms with Gasteiger partial charge in [0.05, 0.1) is 49.1 Å². The second kappa shape index (κ2) is 9.56. The first-order valence-electron chi connectivity index (χ1n) is 9.31. The number of anilines is 1. The van der Waals surface area contributed by atoms with Crippen LogP contribution >= 0.6 is 46.4 Å². The molecular formula is C21H17Cl4NO4. The molecular weight excluding hydrogens is 472 g/mol. The highest BCUT2D eigenvalue weighted by molar-refractivity contribution is 6.56. The van der Waals surface area contributed by atoms with Crippen LogP contribution in [0.3, 0.4) is 0 Å². The summed E-state index contributed by atoms with van der Waals surface area (Å²) in [6.07, 6.45) is 4.00. The summed E-state index contributed by atoms with van der Waals surface area (Å²) in [6, 6.07) is 5.91. The smallest absolute Gasteiger partial charge is 0.338 e. The van der Waals surface area contributed by atoms with Gasteiger partial charge < -0.3 is 4.74 Å². The van der Waals surface area contributed by atoms with E-state index in [1.165, 1.54) is 24.3 Å². The highest BCUT2D eigenvalue weighted by Crippen LogP contribution is 2.45. The summed E-state index contributed by atoms with van der Waals surface area (Å²) >= 11 is 24.3. The minimum atomic E-state index is -0.674. The van der Waals surface area contributed by atoms with Crippen molar-refractivity contribution in [1.29, 1.82) is 0 Å². The molecule has 2 aromatic rings. The summed E-state index contributed by atoms with van der Waals surface area (Å²) in [7, 11) is 0. The van der Waals surface area contributed by atoms with Crippen LogP contribution < -0.4 is 4.90 Å². The molecule has 3 rings (SSSR count). The van der Waals surface area contributed by atoms with Crippen LogP contribution in [0.5, 0.6) is 0 Å². The number of hydrogen-bond donors (Lipinski definition) is 0. The third kappa shape index (κ3) is 4.17. The van der Waals surface area contributed by atoms with Gasteiger partial charge in [-0.25, -0.2) is 9.69 Å². The van der Waals surface area contributed by atoms with Crippen LogP contribution in [-0.2, 0) is 4.74 Å². The zero-order valence-corrected chi connectivity index (χ0v) is 19.0. The Morgan fingerprint density at radius 1 is 0.833 bits per heavy atom. The molecule has 0 saturated heterocycles. The highest BCUT2D eigenvalue weighted by Gasteiger charge is 2.42. The predicted molar refractivity (Wildman–Crippen MR) is 118 cm³/mol. The predicted octanol–water partition coefficient (Wildman–Crippen LogP) is 6.84. The molecule has 5 nitrogen and oxygen atoms in total. The molecule has 0 spiro atoms. The molecule has 0 radical (unpaired) electrons. The fourth-order valence-electron chi connectivity index (χ4n) is 3.11. The number of rotatable bonds is 7. The quantitative estimate of drug-likeness (QED) is 0.141. The molecule has 2 amide bonds. The summed E-state index contributed by atoms with van der Waals surface area (Å²) in [4.78, 5) is 38.8. The zero-order chi connectivity index (χ0) is 22.0. The summed E-state index contributed by atoms with van der Waals surface area (Å²) in [5.74, 6) is -1.82. The molecule has 0 unspecified atom stereocenters. The SMILES string of the molecule is CCCCCCOC(=O)c1ccc(N2C(=O)c3c(Cl)c(Cl)c(Cl)c(Cl)c3C2=O)cc1. The Bertz CT molecular complexity index is 974. The Hall–Kier alpha value is -1.79. The van der Waals surface area contributed by atoms with Crippen molar-refractivity contribution in [2.24, 2.45) is 0 Å². The fourth-order valence-corrected chi connectivity index (χ4v) is 4.12. The number of fused-ring (bicyclic) bond motifs is 1. The Morgan fingerprint density at radius 3 is 1.87 bits per heavy atom. The van der Waals surface area contributed by atoms with Gasteiger partial charge in [-0.05, 0) is 30.7 Å². The minimum absolute atomic E-state index is 0.0953. The molecule has 0 N–H and O–H groups in total. The number of unbranched alkanes of at least 4 members (excludes halogenated alkanes) is 3. The first-order chi connectivity index (χ1) is 14.3. The summed E-state index contributed by atoms with van der Waals surface area (Å²) in [5, 5.41) is -0.459. The Labute approximate surface area is 193 Å². The molecule has 1 aliphatic rings. The van der Waals surface area contributed by atoms with E-state index in [0.29, 0.717) is 12.2 Å². The fraction of sp³-hybridized carbons (Fsp3) is 0.286. The summed E-state index contributed by atoms with van der Waals surface area (Å²) in [6.45, 7) is 2.45. The molecule has 0 aliphatic carbocycles. The van der Waals surface area contributed by atoms with Gasteiger partial charge in [0, 0.05) is 0 Å².